The minimum absolute atomic E-state index is 0.549. The van der Waals surface area contributed by atoms with Crippen LogP contribution < -0.4 is 16.2 Å². The maximum Gasteiger partial charge on any atom is 0.185 e. The van der Waals surface area contributed by atoms with Crippen molar-refractivity contribution in [2.45, 2.75) is 13.8 Å². The van der Waals surface area contributed by atoms with Gasteiger partial charge in [0.2, 0.25) is 0 Å². The zero-order valence-corrected chi connectivity index (χ0v) is 14.3. The van der Waals surface area contributed by atoms with Crippen LogP contribution in [-0.2, 0) is 0 Å². The van der Waals surface area contributed by atoms with Crippen LogP contribution in [0.1, 0.15) is 10.4 Å². The molecule has 2 rings (SSSR count). The lowest BCUT2D eigenvalue weighted by Gasteiger charge is -2.14. The monoisotopic (exact) mass is 324 g/mol. The molecule has 0 aliphatic heterocycles. The molecule has 0 saturated heterocycles. The van der Waals surface area contributed by atoms with Crippen LogP contribution >= 0.6 is 23.6 Å². The van der Waals surface area contributed by atoms with Crippen LogP contribution in [0, 0.1) is 13.8 Å². The molecule has 2 heterocycles. The Bertz CT molecular complexity index is 637. The molecule has 0 radical (unpaired) electrons. The molecule has 0 amide bonds. The Balaban J connectivity index is 1.99. The van der Waals surface area contributed by atoms with E-state index in [-0.39, 0.29) is 0 Å². The van der Waals surface area contributed by atoms with Crippen molar-refractivity contribution in [1.82, 2.24) is 25.6 Å². The van der Waals surface area contributed by atoms with Crippen molar-refractivity contribution in [2.75, 3.05) is 32.6 Å². The van der Waals surface area contributed by atoms with Crippen LogP contribution in [-0.4, -0.2) is 47.2 Å². The normalized spacial score (nSPS) is 10.9. The summed E-state index contributed by atoms with van der Waals surface area (Å²) in [5, 5.41) is 4.72. The standard InChI is InChI=1S/C13H20N6S2/c1-8-9(2)21-12-10(8)11(15-7-16-12)17-18-13(20)14-5-6-19(3)4/h7H,5-6H2,1-4H3,(H2,14,18,20)(H,15,16,17). The Hall–Kier alpha value is -1.51. The van der Waals surface area contributed by atoms with Crippen molar-refractivity contribution >= 4 is 44.7 Å². The lowest BCUT2D eigenvalue weighted by atomic mass is 10.2. The van der Waals surface area contributed by atoms with Crippen molar-refractivity contribution in [3.05, 3.63) is 16.8 Å². The minimum atomic E-state index is 0.549. The van der Waals surface area contributed by atoms with E-state index in [1.165, 1.54) is 10.4 Å². The highest BCUT2D eigenvalue weighted by Crippen LogP contribution is 2.31. The highest BCUT2D eigenvalue weighted by atomic mass is 32.1. The van der Waals surface area contributed by atoms with Crippen molar-refractivity contribution in [2.24, 2.45) is 0 Å². The second kappa shape index (κ2) is 6.97. The van der Waals surface area contributed by atoms with Gasteiger partial charge in [-0.3, -0.25) is 10.9 Å². The van der Waals surface area contributed by atoms with Crippen LogP contribution in [0.15, 0.2) is 6.33 Å². The van der Waals surface area contributed by atoms with Crippen LogP contribution in [0.2, 0.25) is 0 Å². The van der Waals surface area contributed by atoms with E-state index in [1.807, 2.05) is 14.1 Å². The van der Waals surface area contributed by atoms with Gasteiger partial charge in [-0.15, -0.1) is 11.3 Å². The van der Waals surface area contributed by atoms with Crippen molar-refractivity contribution in [3.8, 4) is 0 Å². The summed E-state index contributed by atoms with van der Waals surface area (Å²) in [6.07, 6.45) is 1.56. The van der Waals surface area contributed by atoms with Crippen LogP contribution in [0.25, 0.3) is 10.2 Å². The zero-order chi connectivity index (χ0) is 15.4. The minimum Gasteiger partial charge on any atom is -0.360 e. The summed E-state index contributed by atoms with van der Waals surface area (Å²) in [4.78, 5) is 12.9. The molecule has 3 N–H and O–H groups in total. The molecular weight excluding hydrogens is 304 g/mol. The van der Waals surface area contributed by atoms with Gasteiger partial charge in [-0.1, -0.05) is 0 Å². The number of likely N-dealkylation sites (N-methyl/N-ethyl adjacent to an activating group) is 1. The molecule has 0 bridgehead atoms. The molecule has 0 aliphatic rings. The Morgan fingerprint density at radius 3 is 2.81 bits per heavy atom. The van der Waals surface area contributed by atoms with E-state index in [2.05, 4.69) is 44.9 Å². The average molecular weight is 324 g/mol. The number of nitrogens with zero attached hydrogens (tertiary/aromatic N) is 3. The number of hydrogen-bond donors (Lipinski definition) is 3. The van der Waals surface area contributed by atoms with E-state index in [1.54, 1.807) is 17.7 Å². The molecule has 0 unspecified atom stereocenters. The summed E-state index contributed by atoms with van der Waals surface area (Å²) >= 11 is 6.89. The van der Waals surface area contributed by atoms with Gasteiger partial charge in [-0.05, 0) is 45.7 Å². The summed E-state index contributed by atoms with van der Waals surface area (Å²) in [7, 11) is 4.05. The number of thiophene rings is 1. The van der Waals surface area contributed by atoms with Crippen molar-refractivity contribution in [3.63, 3.8) is 0 Å². The molecule has 0 atom stereocenters. The number of anilines is 1. The predicted octanol–water partition coefficient (Wildman–Crippen LogP) is 1.66. The third kappa shape index (κ3) is 3.99. The van der Waals surface area contributed by atoms with E-state index < -0.39 is 0 Å². The number of hydrogen-bond acceptors (Lipinski definition) is 6. The first-order valence-electron chi connectivity index (χ1n) is 6.64. The number of fused-ring (bicyclic) bond motifs is 1. The first kappa shape index (κ1) is 15.9. The number of rotatable bonds is 5. The van der Waals surface area contributed by atoms with Gasteiger partial charge in [0.05, 0.1) is 5.39 Å². The Labute approximate surface area is 133 Å². The summed E-state index contributed by atoms with van der Waals surface area (Å²) in [6, 6.07) is 0. The van der Waals surface area contributed by atoms with E-state index in [0.717, 1.165) is 29.1 Å². The molecule has 0 spiro atoms. The van der Waals surface area contributed by atoms with Crippen LogP contribution in [0.3, 0.4) is 0 Å². The maximum atomic E-state index is 5.22. The smallest absolute Gasteiger partial charge is 0.185 e. The lowest BCUT2D eigenvalue weighted by Crippen LogP contribution is -2.41. The zero-order valence-electron chi connectivity index (χ0n) is 12.6. The number of aryl methyl sites for hydroxylation is 2. The molecule has 6 nitrogen and oxygen atoms in total. The maximum absolute atomic E-state index is 5.22. The molecule has 0 saturated carbocycles. The highest BCUT2D eigenvalue weighted by Gasteiger charge is 2.11. The molecule has 114 valence electrons. The Morgan fingerprint density at radius 1 is 1.33 bits per heavy atom. The van der Waals surface area contributed by atoms with E-state index >= 15 is 0 Å². The van der Waals surface area contributed by atoms with Crippen LogP contribution in [0.5, 0.6) is 0 Å². The van der Waals surface area contributed by atoms with Gasteiger partial charge >= 0.3 is 0 Å². The summed E-state index contributed by atoms with van der Waals surface area (Å²) in [6.45, 7) is 5.88. The molecule has 2 aromatic heterocycles. The summed E-state index contributed by atoms with van der Waals surface area (Å²) in [5.74, 6) is 0.749. The first-order chi connectivity index (χ1) is 9.99. The molecule has 2 aromatic rings. The van der Waals surface area contributed by atoms with E-state index in [0.29, 0.717) is 5.11 Å². The van der Waals surface area contributed by atoms with E-state index in [4.69, 9.17) is 12.2 Å². The van der Waals surface area contributed by atoms with Crippen molar-refractivity contribution in [1.29, 1.82) is 0 Å². The topological polar surface area (TPSA) is 65.1 Å². The second-order valence-corrected chi connectivity index (χ2v) is 6.61. The molecule has 21 heavy (non-hydrogen) atoms. The summed E-state index contributed by atoms with van der Waals surface area (Å²) in [5.41, 5.74) is 7.24. The fourth-order valence-electron chi connectivity index (χ4n) is 1.83. The fraction of sp³-hybridized carbons (Fsp3) is 0.462. The predicted molar refractivity (Wildman–Crippen MR) is 92.8 cm³/mol. The van der Waals surface area contributed by atoms with Crippen molar-refractivity contribution < 1.29 is 0 Å². The molecule has 0 aliphatic carbocycles. The largest absolute Gasteiger partial charge is 0.360 e. The lowest BCUT2D eigenvalue weighted by molar-refractivity contribution is 0.412. The Kier molecular flexibility index (Phi) is 5.27. The van der Waals surface area contributed by atoms with E-state index in [9.17, 15) is 0 Å². The van der Waals surface area contributed by atoms with Crippen LogP contribution in [0.4, 0.5) is 5.82 Å². The highest BCUT2D eigenvalue weighted by molar-refractivity contribution is 7.80. The molecule has 0 aromatic carbocycles. The Morgan fingerprint density at radius 2 is 2.10 bits per heavy atom. The molecule has 0 fully saturated rings. The fourth-order valence-corrected chi connectivity index (χ4v) is 2.98. The number of nitrogens with one attached hydrogen (secondary N) is 3. The second-order valence-electron chi connectivity index (χ2n) is 4.99. The van der Waals surface area contributed by atoms with Gasteiger partial charge < -0.3 is 10.2 Å². The van der Waals surface area contributed by atoms with Gasteiger partial charge in [-0.2, -0.15) is 0 Å². The number of aromatic nitrogens is 2. The third-order valence-electron chi connectivity index (χ3n) is 3.10. The van der Waals surface area contributed by atoms with Gasteiger partial charge in [0.15, 0.2) is 10.9 Å². The average Bonchev–Trinajstić information content (AvgIpc) is 2.72. The molecule has 8 heteroatoms. The number of thiocarbonyl (C=S) groups is 1. The van der Waals surface area contributed by atoms with Gasteiger partial charge in [0.25, 0.3) is 0 Å². The van der Waals surface area contributed by atoms with Gasteiger partial charge in [0.1, 0.15) is 11.2 Å². The summed E-state index contributed by atoms with van der Waals surface area (Å²) < 4.78 is 0. The first-order valence-corrected chi connectivity index (χ1v) is 7.86. The third-order valence-corrected chi connectivity index (χ3v) is 4.47. The van der Waals surface area contributed by atoms with Gasteiger partial charge in [0, 0.05) is 18.0 Å². The SMILES string of the molecule is Cc1sc2ncnc(NNC(=S)NCCN(C)C)c2c1C. The number of hydrazine groups is 1. The van der Waals surface area contributed by atoms with Gasteiger partial charge in [-0.25, -0.2) is 9.97 Å². The molecular formula is C13H20N6S2. The quantitative estimate of drug-likeness (QED) is 0.571.